The maximum Gasteiger partial charge on any atom is 0.280 e. The molecular weight excluding hydrogens is 471 g/mol. The van der Waals surface area contributed by atoms with Crippen molar-refractivity contribution in [2.45, 2.75) is 19.3 Å². The van der Waals surface area contributed by atoms with Crippen molar-refractivity contribution in [2.75, 3.05) is 31.2 Å². The van der Waals surface area contributed by atoms with Crippen LogP contribution in [0, 0.1) is 0 Å². The fourth-order valence-corrected chi connectivity index (χ4v) is 2.68. The van der Waals surface area contributed by atoms with E-state index in [1.165, 1.54) is 5.56 Å². The molecule has 0 saturated heterocycles. The largest absolute Gasteiger partial charge is 0.492 e. The van der Waals surface area contributed by atoms with Crippen molar-refractivity contribution in [3.05, 3.63) is 40.7 Å². The first kappa shape index (κ1) is 27.5. The van der Waals surface area contributed by atoms with Gasteiger partial charge in [0.15, 0.2) is 34.4 Å². The van der Waals surface area contributed by atoms with Gasteiger partial charge in [0, 0.05) is 6.54 Å². The highest BCUT2D eigenvalue weighted by molar-refractivity contribution is 6.31. The van der Waals surface area contributed by atoms with Crippen LogP contribution in [0.4, 0.5) is 11.6 Å². The van der Waals surface area contributed by atoms with Crippen molar-refractivity contribution in [1.82, 2.24) is 15.3 Å². The molecule has 0 bridgehead atoms. The minimum atomic E-state index is -0.668. The first-order valence-electron chi connectivity index (χ1n) is 9.73. The molecule has 0 fully saturated rings. The van der Waals surface area contributed by atoms with E-state index in [9.17, 15) is 4.79 Å². The number of nitrogens with two attached hydrogens (primary N) is 5. The van der Waals surface area contributed by atoms with Gasteiger partial charge in [0.25, 0.3) is 5.91 Å². The zero-order valence-corrected chi connectivity index (χ0v) is 19.4. The van der Waals surface area contributed by atoms with Gasteiger partial charge in [-0.05, 0) is 37.0 Å². The van der Waals surface area contributed by atoms with Crippen LogP contribution in [0.15, 0.2) is 34.3 Å². The van der Waals surface area contributed by atoms with Crippen molar-refractivity contribution >= 4 is 53.5 Å². The van der Waals surface area contributed by atoms with Gasteiger partial charge < -0.3 is 33.4 Å². The molecule has 1 amide bonds. The van der Waals surface area contributed by atoms with E-state index in [4.69, 9.17) is 45.0 Å². The van der Waals surface area contributed by atoms with Gasteiger partial charge in [-0.1, -0.05) is 23.7 Å². The van der Waals surface area contributed by atoms with Crippen molar-refractivity contribution in [2.24, 2.45) is 27.2 Å². The lowest BCUT2D eigenvalue weighted by molar-refractivity contribution is 0.0972. The number of halogens is 2. The molecule has 2 aromatic rings. The lowest BCUT2D eigenvalue weighted by Crippen LogP contribution is -2.38. The van der Waals surface area contributed by atoms with Crippen LogP contribution in [-0.2, 0) is 6.42 Å². The first-order valence-corrected chi connectivity index (χ1v) is 10.1. The highest BCUT2D eigenvalue weighted by atomic mass is 35.5. The Balaban J connectivity index is 0.00000544. The van der Waals surface area contributed by atoms with Gasteiger partial charge in [-0.25, -0.2) is 9.97 Å². The number of nitrogen functional groups attached to an aromatic ring is 2. The minimum Gasteiger partial charge on any atom is -0.492 e. The molecule has 0 radical (unpaired) electrons. The fourth-order valence-electron chi connectivity index (χ4n) is 2.55. The number of hydrogen-bond acceptors (Lipinski definition) is 8. The first-order chi connectivity index (χ1) is 15.3. The normalized spacial score (nSPS) is 10.8. The van der Waals surface area contributed by atoms with E-state index in [0.29, 0.717) is 19.7 Å². The SMILES string of the molecule is Cl.NC(N)=NCCOc1ccc(CCCCN=C(N)NC(=O)c2nc(Cl)c(N)nc2N)cc1. The summed E-state index contributed by atoms with van der Waals surface area (Å²) in [6.45, 7) is 1.25. The maximum absolute atomic E-state index is 12.2. The molecule has 1 aromatic heterocycles. The number of unbranched alkanes of at least 4 members (excludes halogenated alkanes) is 1. The number of guanidine groups is 2. The van der Waals surface area contributed by atoms with Crippen molar-refractivity contribution in [3.63, 3.8) is 0 Å². The van der Waals surface area contributed by atoms with Crippen molar-refractivity contribution < 1.29 is 9.53 Å². The summed E-state index contributed by atoms with van der Waals surface area (Å²) in [6.07, 6.45) is 2.54. The van der Waals surface area contributed by atoms with Crippen LogP contribution in [0.2, 0.25) is 5.15 Å². The summed E-state index contributed by atoms with van der Waals surface area (Å²) in [5.74, 6) is -0.136. The number of rotatable bonds is 10. The number of benzene rings is 1. The number of amides is 1. The Hall–Kier alpha value is -3.51. The number of aliphatic imine (C=N–C) groups is 2. The summed E-state index contributed by atoms with van der Waals surface area (Å²) >= 11 is 5.77. The van der Waals surface area contributed by atoms with Gasteiger partial charge in [-0.2, -0.15) is 0 Å². The number of aryl methyl sites for hydroxylation is 1. The average molecular weight is 499 g/mol. The van der Waals surface area contributed by atoms with Gasteiger partial charge in [0.05, 0.1) is 6.54 Å². The molecule has 1 heterocycles. The van der Waals surface area contributed by atoms with Crippen LogP contribution in [-0.4, -0.2) is 47.5 Å². The summed E-state index contributed by atoms with van der Waals surface area (Å²) < 4.78 is 5.55. The maximum atomic E-state index is 12.2. The Morgan fingerprint density at radius 1 is 1.00 bits per heavy atom. The number of aromatic nitrogens is 2. The van der Waals surface area contributed by atoms with Crippen LogP contribution in [0.25, 0.3) is 0 Å². The number of carbonyl (C=O) groups is 1. The highest BCUT2D eigenvalue weighted by Crippen LogP contribution is 2.17. The summed E-state index contributed by atoms with van der Waals surface area (Å²) in [5.41, 5.74) is 28.4. The van der Waals surface area contributed by atoms with Crippen LogP contribution >= 0.6 is 24.0 Å². The number of anilines is 2. The molecule has 0 aliphatic carbocycles. The van der Waals surface area contributed by atoms with E-state index >= 15 is 0 Å². The van der Waals surface area contributed by atoms with Gasteiger partial charge in [-0.15, -0.1) is 12.4 Å². The third kappa shape index (κ3) is 9.66. The molecule has 180 valence electrons. The van der Waals surface area contributed by atoms with Crippen LogP contribution in [0.1, 0.15) is 28.9 Å². The molecule has 14 heteroatoms. The third-order valence-electron chi connectivity index (χ3n) is 4.09. The second-order valence-electron chi connectivity index (χ2n) is 6.61. The molecule has 12 nitrogen and oxygen atoms in total. The van der Waals surface area contributed by atoms with Crippen molar-refractivity contribution in [3.8, 4) is 5.75 Å². The second kappa shape index (κ2) is 13.8. The molecule has 0 aliphatic heterocycles. The number of nitrogens with zero attached hydrogens (tertiary/aromatic N) is 4. The molecule has 33 heavy (non-hydrogen) atoms. The van der Waals surface area contributed by atoms with Gasteiger partial charge in [-0.3, -0.25) is 20.1 Å². The number of carbonyl (C=O) groups excluding carboxylic acids is 1. The molecular formula is C19H28Cl2N10O2. The predicted octanol–water partition coefficient (Wildman–Crippen LogP) is 0.436. The van der Waals surface area contributed by atoms with E-state index in [-0.39, 0.29) is 46.8 Å². The van der Waals surface area contributed by atoms with E-state index in [1.807, 2.05) is 24.3 Å². The van der Waals surface area contributed by atoms with E-state index in [1.54, 1.807) is 0 Å². The smallest absolute Gasteiger partial charge is 0.280 e. The zero-order chi connectivity index (χ0) is 23.5. The Labute approximate surface area is 202 Å². The van der Waals surface area contributed by atoms with E-state index < -0.39 is 5.91 Å². The monoisotopic (exact) mass is 498 g/mol. The quantitative estimate of drug-likeness (QED) is 0.151. The third-order valence-corrected chi connectivity index (χ3v) is 4.37. The molecule has 2 rings (SSSR count). The molecule has 0 aliphatic rings. The molecule has 0 saturated carbocycles. The average Bonchev–Trinajstić information content (AvgIpc) is 2.74. The molecule has 0 spiro atoms. The number of nitrogens with one attached hydrogen (secondary N) is 1. The van der Waals surface area contributed by atoms with Crippen LogP contribution in [0.5, 0.6) is 5.75 Å². The number of hydrogen-bond donors (Lipinski definition) is 6. The topological polar surface area (TPSA) is 219 Å². The summed E-state index contributed by atoms with van der Waals surface area (Å²) in [6, 6.07) is 7.79. The molecule has 1 aromatic carbocycles. The summed E-state index contributed by atoms with van der Waals surface area (Å²) in [5, 5.41) is 2.28. The molecule has 11 N–H and O–H groups in total. The fraction of sp³-hybridized carbons (Fsp3) is 0.316. The Bertz CT molecular complexity index is 979. The standard InChI is InChI=1S/C19H27ClN10O2.ClH/c20-14-16(22)29-15(21)13(28-14)17(31)30-19(25)27-8-2-1-3-11-4-6-12(7-5-11)32-10-9-26-18(23)24;/h4-7H,1-3,8-10H2,(H4,21,22,29)(H4,23,24,26)(H3,25,27,30,31);1H. The summed E-state index contributed by atoms with van der Waals surface area (Å²) in [4.78, 5) is 27.7. The van der Waals surface area contributed by atoms with Gasteiger partial charge >= 0.3 is 0 Å². The Morgan fingerprint density at radius 3 is 2.36 bits per heavy atom. The molecule has 0 unspecified atom stereocenters. The second-order valence-corrected chi connectivity index (χ2v) is 6.97. The lowest BCUT2D eigenvalue weighted by Gasteiger charge is -2.07. The van der Waals surface area contributed by atoms with Crippen LogP contribution < -0.4 is 38.7 Å². The van der Waals surface area contributed by atoms with E-state index in [0.717, 1.165) is 25.0 Å². The number of ether oxygens (including phenoxy) is 1. The lowest BCUT2D eigenvalue weighted by atomic mass is 10.1. The Morgan fingerprint density at radius 2 is 1.70 bits per heavy atom. The van der Waals surface area contributed by atoms with Crippen molar-refractivity contribution in [1.29, 1.82) is 0 Å². The molecule has 0 atom stereocenters. The summed E-state index contributed by atoms with van der Waals surface area (Å²) in [7, 11) is 0. The minimum absolute atomic E-state index is 0. The Kier molecular flexibility index (Phi) is 11.5. The van der Waals surface area contributed by atoms with Gasteiger partial charge in [0.2, 0.25) is 0 Å². The predicted molar refractivity (Wildman–Crippen MR) is 133 cm³/mol. The van der Waals surface area contributed by atoms with E-state index in [2.05, 4.69) is 25.3 Å². The van der Waals surface area contributed by atoms with Gasteiger partial charge in [0.1, 0.15) is 12.4 Å². The zero-order valence-electron chi connectivity index (χ0n) is 17.8. The van der Waals surface area contributed by atoms with Crippen LogP contribution in [0.3, 0.4) is 0 Å². The highest BCUT2D eigenvalue weighted by Gasteiger charge is 2.16.